The fraction of sp³-hybridized carbons (Fsp3) is 0.438. The van der Waals surface area contributed by atoms with Crippen molar-refractivity contribution >= 4 is 41.8 Å². The van der Waals surface area contributed by atoms with Crippen LogP contribution in [0.15, 0.2) is 18.2 Å². The summed E-state index contributed by atoms with van der Waals surface area (Å²) in [5.74, 6) is -1.39. The number of hydrogen-bond donors (Lipinski definition) is 3. The minimum Gasteiger partial charge on any atom is -0.444 e. The Balaban J connectivity index is 3.07. The van der Waals surface area contributed by atoms with E-state index in [1.807, 2.05) is 6.92 Å². The molecule has 23 heavy (non-hydrogen) atoms. The van der Waals surface area contributed by atoms with Crippen molar-refractivity contribution in [1.29, 1.82) is 0 Å². The first kappa shape index (κ1) is 19.0. The Bertz CT molecular complexity index is 621. The van der Waals surface area contributed by atoms with Crippen LogP contribution < -0.4 is 10.6 Å². The van der Waals surface area contributed by atoms with E-state index in [1.165, 1.54) is 6.92 Å². The van der Waals surface area contributed by atoms with E-state index in [4.69, 9.17) is 4.74 Å². The van der Waals surface area contributed by atoms with Gasteiger partial charge in [0, 0.05) is 12.2 Å². The third kappa shape index (κ3) is 6.32. The lowest BCUT2D eigenvalue weighted by molar-refractivity contribution is -0.133. The molecule has 0 aliphatic carbocycles. The van der Waals surface area contributed by atoms with E-state index in [9.17, 15) is 14.4 Å². The Morgan fingerprint density at radius 1 is 1.13 bits per heavy atom. The fourth-order valence-corrected chi connectivity index (χ4v) is 1.82. The summed E-state index contributed by atoms with van der Waals surface area (Å²) >= 11 is 4.33. The van der Waals surface area contributed by atoms with Gasteiger partial charge in [-0.3, -0.25) is 14.9 Å². The highest BCUT2D eigenvalue weighted by Crippen LogP contribution is 2.29. The van der Waals surface area contributed by atoms with E-state index in [-0.39, 0.29) is 5.25 Å². The van der Waals surface area contributed by atoms with Crippen LogP contribution in [0.3, 0.4) is 0 Å². The average Bonchev–Trinajstić information content (AvgIpc) is 2.37. The van der Waals surface area contributed by atoms with Crippen LogP contribution in [-0.4, -0.2) is 23.4 Å². The molecule has 1 aromatic rings. The van der Waals surface area contributed by atoms with Crippen LogP contribution >= 0.6 is 12.6 Å². The van der Waals surface area contributed by atoms with E-state index < -0.39 is 23.4 Å². The molecule has 0 heterocycles. The summed E-state index contributed by atoms with van der Waals surface area (Å²) < 4.78 is 5.18. The second-order valence-electron chi connectivity index (χ2n) is 6.12. The Morgan fingerprint density at radius 2 is 1.74 bits per heavy atom. The van der Waals surface area contributed by atoms with Crippen molar-refractivity contribution in [3.05, 3.63) is 23.8 Å². The van der Waals surface area contributed by atoms with Crippen molar-refractivity contribution in [2.24, 2.45) is 0 Å². The number of thiol groups is 1. The van der Waals surface area contributed by atoms with E-state index in [0.29, 0.717) is 11.4 Å². The zero-order valence-electron chi connectivity index (χ0n) is 13.9. The lowest BCUT2D eigenvalue weighted by Crippen LogP contribution is -2.28. The molecule has 0 saturated carbocycles. The van der Waals surface area contributed by atoms with Gasteiger partial charge in [-0.15, -0.1) is 0 Å². The Labute approximate surface area is 141 Å². The van der Waals surface area contributed by atoms with Crippen LogP contribution in [0.2, 0.25) is 0 Å². The number of amides is 2. The van der Waals surface area contributed by atoms with Crippen molar-refractivity contribution in [2.75, 3.05) is 10.6 Å². The molecule has 1 rings (SSSR count). The normalized spacial score (nSPS) is 12.3. The van der Waals surface area contributed by atoms with Crippen LogP contribution in [-0.2, 0) is 14.3 Å². The maximum atomic E-state index is 11.9. The highest BCUT2D eigenvalue weighted by Gasteiger charge is 2.19. The highest BCUT2D eigenvalue weighted by atomic mass is 32.1. The molecule has 7 heteroatoms. The van der Waals surface area contributed by atoms with Crippen LogP contribution in [0.4, 0.5) is 16.2 Å². The Hall–Kier alpha value is -2.02. The maximum absolute atomic E-state index is 11.9. The second-order valence-corrected chi connectivity index (χ2v) is 6.89. The number of rotatable bonds is 4. The number of carbonyl (C=O) groups is 3. The zero-order valence-corrected chi connectivity index (χ0v) is 14.8. The van der Waals surface area contributed by atoms with E-state index in [1.54, 1.807) is 39.0 Å². The molecule has 0 saturated heterocycles. The summed E-state index contributed by atoms with van der Waals surface area (Å²) in [7, 11) is 0. The molecule has 0 bridgehead atoms. The molecule has 0 spiro atoms. The number of anilines is 2. The number of hydrogen-bond acceptors (Lipinski definition) is 5. The smallest absolute Gasteiger partial charge is 0.412 e. The quantitative estimate of drug-likeness (QED) is 0.579. The monoisotopic (exact) mass is 338 g/mol. The summed E-state index contributed by atoms with van der Waals surface area (Å²) in [6.07, 6.45) is -0.650. The van der Waals surface area contributed by atoms with Gasteiger partial charge in [0.15, 0.2) is 0 Å². The van der Waals surface area contributed by atoms with Crippen molar-refractivity contribution in [3.8, 4) is 0 Å². The summed E-state index contributed by atoms with van der Waals surface area (Å²) in [6, 6.07) is 5.06. The summed E-state index contributed by atoms with van der Waals surface area (Å²) in [5.41, 5.74) is 0.842. The second kappa shape index (κ2) is 7.50. The standard InChI is InChI=1S/C16H22N2O4S/c1-9(19)14(20)17-13-8-11(10(2)23)6-7-12(13)18-15(21)22-16(3,4)5/h6-8,10,23H,1-5H3,(H,17,20)(H,18,21). The molecule has 1 unspecified atom stereocenters. The minimum atomic E-state index is -0.763. The van der Waals surface area contributed by atoms with Crippen molar-refractivity contribution in [3.63, 3.8) is 0 Å². The van der Waals surface area contributed by atoms with Crippen molar-refractivity contribution in [2.45, 2.75) is 45.5 Å². The third-order valence-electron chi connectivity index (χ3n) is 2.73. The van der Waals surface area contributed by atoms with Gasteiger partial charge < -0.3 is 10.1 Å². The molecule has 0 aromatic heterocycles. The summed E-state index contributed by atoms with van der Waals surface area (Å²) in [5, 5.41) is 4.98. The number of benzene rings is 1. The van der Waals surface area contributed by atoms with Crippen LogP contribution in [0.5, 0.6) is 0 Å². The molecule has 2 amide bonds. The average molecular weight is 338 g/mol. The van der Waals surface area contributed by atoms with Gasteiger partial charge in [-0.2, -0.15) is 12.6 Å². The summed E-state index contributed by atoms with van der Waals surface area (Å²) in [6.45, 7) is 8.28. The maximum Gasteiger partial charge on any atom is 0.412 e. The molecule has 2 N–H and O–H groups in total. The van der Waals surface area contributed by atoms with Crippen molar-refractivity contribution < 1.29 is 19.1 Å². The SMILES string of the molecule is CC(=O)C(=O)Nc1cc(C(C)S)ccc1NC(=O)OC(C)(C)C. The number of ketones is 1. The Morgan fingerprint density at radius 3 is 2.22 bits per heavy atom. The largest absolute Gasteiger partial charge is 0.444 e. The summed E-state index contributed by atoms with van der Waals surface area (Å²) in [4.78, 5) is 34.7. The molecule has 1 atom stereocenters. The van der Waals surface area contributed by atoms with Crippen LogP contribution in [0.1, 0.15) is 45.4 Å². The minimum absolute atomic E-state index is 0.0708. The van der Waals surface area contributed by atoms with Gasteiger partial charge in [-0.05, 0) is 45.4 Å². The lowest BCUT2D eigenvalue weighted by atomic mass is 10.1. The number of Topliss-reactive ketones (excluding diaryl/α,β-unsaturated/α-hetero) is 1. The van der Waals surface area contributed by atoms with Gasteiger partial charge in [0.1, 0.15) is 5.60 Å². The zero-order chi connectivity index (χ0) is 17.8. The fourth-order valence-electron chi connectivity index (χ4n) is 1.66. The number of nitrogens with one attached hydrogen (secondary N) is 2. The third-order valence-corrected chi connectivity index (χ3v) is 3.03. The van der Waals surface area contributed by atoms with Gasteiger partial charge in [0.25, 0.3) is 5.91 Å². The first-order valence-corrected chi connectivity index (χ1v) is 7.65. The first-order chi connectivity index (χ1) is 10.5. The van der Waals surface area contributed by atoms with Gasteiger partial charge >= 0.3 is 6.09 Å². The first-order valence-electron chi connectivity index (χ1n) is 7.13. The van der Waals surface area contributed by atoms with E-state index >= 15 is 0 Å². The molecule has 0 aliphatic heterocycles. The predicted octanol–water partition coefficient (Wildman–Crippen LogP) is 3.55. The predicted molar refractivity (Wildman–Crippen MR) is 93.0 cm³/mol. The van der Waals surface area contributed by atoms with Crippen molar-refractivity contribution in [1.82, 2.24) is 0 Å². The van der Waals surface area contributed by atoms with Gasteiger partial charge in [0.2, 0.25) is 5.78 Å². The van der Waals surface area contributed by atoms with E-state index in [0.717, 1.165) is 5.56 Å². The molecule has 1 aromatic carbocycles. The Kier molecular flexibility index (Phi) is 6.20. The van der Waals surface area contributed by atoms with E-state index in [2.05, 4.69) is 23.3 Å². The molecule has 0 aliphatic rings. The van der Waals surface area contributed by atoms with Crippen LogP contribution in [0, 0.1) is 0 Å². The molecule has 126 valence electrons. The molecule has 0 radical (unpaired) electrons. The topological polar surface area (TPSA) is 84.5 Å². The van der Waals surface area contributed by atoms with Gasteiger partial charge in [-0.1, -0.05) is 6.07 Å². The number of ether oxygens (including phenoxy) is 1. The lowest BCUT2D eigenvalue weighted by Gasteiger charge is -2.21. The van der Waals surface area contributed by atoms with Gasteiger partial charge in [0.05, 0.1) is 11.4 Å². The van der Waals surface area contributed by atoms with Crippen LogP contribution in [0.25, 0.3) is 0 Å². The molecule has 6 nitrogen and oxygen atoms in total. The molecular weight excluding hydrogens is 316 g/mol. The molecular formula is C16H22N2O4S. The highest BCUT2D eigenvalue weighted by molar-refractivity contribution is 7.80. The number of carbonyl (C=O) groups excluding carboxylic acids is 3. The van der Waals surface area contributed by atoms with Gasteiger partial charge in [-0.25, -0.2) is 4.79 Å². The molecule has 0 fully saturated rings.